The molecule has 2 aliphatic rings. The molecule has 0 bridgehead atoms. The lowest BCUT2D eigenvalue weighted by Crippen LogP contribution is -2.46. The van der Waals surface area contributed by atoms with Gasteiger partial charge in [-0.3, -0.25) is 4.79 Å². The predicted molar refractivity (Wildman–Crippen MR) is 88.5 cm³/mol. The molecule has 3 nitrogen and oxygen atoms in total. The van der Waals surface area contributed by atoms with E-state index < -0.39 is 0 Å². The van der Waals surface area contributed by atoms with Crippen molar-refractivity contribution in [1.82, 2.24) is 4.98 Å². The molecule has 1 aromatic heterocycles. The lowest BCUT2D eigenvalue weighted by Gasteiger charge is -2.44. The fourth-order valence-corrected chi connectivity index (χ4v) is 5.10. The van der Waals surface area contributed by atoms with Crippen LogP contribution >= 0.6 is 11.3 Å². The van der Waals surface area contributed by atoms with Crippen molar-refractivity contribution in [3.63, 3.8) is 0 Å². The van der Waals surface area contributed by atoms with Gasteiger partial charge in [-0.1, -0.05) is 44.9 Å². The molecule has 1 aromatic rings. The van der Waals surface area contributed by atoms with E-state index in [4.69, 9.17) is 4.98 Å². The molecule has 0 N–H and O–H groups in total. The van der Waals surface area contributed by atoms with E-state index in [0.29, 0.717) is 6.04 Å². The van der Waals surface area contributed by atoms with Gasteiger partial charge in [0.15, 0.2) is 11.4 Å². The Labute approximate surface area is 131 Å². The van der Waals surface area contributed by atoms with Crippen LogP contribution < -0.4 is 4.90 Å². The van der Waals surface area contributed by atoms with Crippen LogP contribution in [0, 0.1) is 5.92 Å². The zero-order valence-electron chi connectivity index (χ0n) is 13.4. The van der Waals surface area contributed by atoms with E-state index in [1.807, 2.05) is 0 Å². The molecule has 1 aliphatic heterocycles. The predicted octanol–water partition coefficient (Wildman–Crippen LogP) is 4.41. The van der Waals surface area contributed by atoms with Gasteiger partial charge in [0, 0.05) is 18.0 Å². The number of piperidine rings is 1. The average molecular weight is 306 g/mol. The number of hydrogen-bond acceptors (Lipinski definition) is 4. The van der Waals surface area contributed by atoms with Gasteiger partial charge in [-0.05, 0) is 31.6 Å². The van der Waals surface area contributed by atoms with Crippen molar-refractivity contribution in [1.29, 1.82) is 0 Å². The summed E-state index contributed by atoms with van der Waals surface area (Å²) in [5.41, 5.74) is 0.905. The number of fused-ring (bicyclic) bond motifs is 1. The van der Waals surface area contributed by atoms with Crippen LogP contribution in [0.1, 0.15) is 74.7 Å². The highest BCUT2D eigenvalue weighted by atomic mass is 32.1. The first-order valence-electron chi connectivity index (χ1n) is 8.24. The van der Waals surface area contributed by atoms with Gasteiger partial charge >= 0.3 is 0 Å². The first-order chi connectivity index (χ1) is 10.0. The van der Waals surface area contributed by atoms with Gasteiger partial charge in [-0.2, -0.15) is 0 Å². The van der Waals surface area contributed by atoms with Crippen LogP contribution in [0.4, 0.5) is 5.13 Å². The van der Waals surface area contributed by atoms with E-state index >= 15 is 0 Å². The quantitative estimate of drug-likeness (QED) is 0.759. The first kappa shape index (κ1) is 15.0. The van der Waals surface area contributed by atoms with Gasteiger partial charge in [0.2, 0.25) is 0 Å². The number of carbonyl (C=O) groups is 1. The first-order valence-corrected chi connectivity index (χ1v) is 9.05. The number of anilines is 1. The summed E-state index contributed by atoms with van der Waals surface area (Å²) in [6.45, 7) is 7.52. The Kier molecular flexibility index (Phi) is 4.08. The third-order valence-corrected chi connectivity index (χ3v) is 5.97. The highest BCUT2D eigenvalue weighted by molar-refractivity contribution is 7.17. The number of thiazole rings is 1. The van der Waals surface area contributed by atoms with E-state index in [1.165, 1.54) is 38.5 Å². The summed E-state index contributed by atoms with van der Waals surface area (Å²) < 4.78 is 0. The minimum atomic E-state index is -0.0628. The molecule has 21 heavy (non-hydrogen) atoms. The highest BCUT2D eigenvalue weighted by Gasteiger charge is 2.35. The van der Waals surface area contributed by atoms with Crippen LogP contribution in [0.3, 0.4) is 0 Å². The Morgan fingerprint density at radius 2 is 1.90 bits per heavy atom. The Hall–Kier alpha value is -0.900. The van der Waals surface area contributed by atoms with Crippen LogP contribution in [0.5, 0.6) is 0 Å². The monoisotopic (exact) mass is 306 g/mol. The number of hydrogen-bond donors (Lipinski definition) is 0. The van der Waals surface area contributed by atoms with Crippen molar-refractivity contribution in [3.05, 3.63) is 10.6 Å². The summed E-state index contributed by atoms with van der Waals surface area (Å²) in [6, 6.07) is 0.658. The summed E-state index contributed by atoms with van der Waals surface area (Å²) in [5, 5.41) is 1.08. The zero-order chi connectivity index (χ0) is 15.0. The molecule has 1 aliphatic carbocycles. The summed E-state index contributed by atoms with van der Waals surface area (Å²) in [7, 11) is 0. The molecular formula is C17H26N2OS. The molecule has 0 radical (unpaired) electrons. The van der Waals surface area contributed by atoms with Gasteiger partial charge in [-0.25, -0.2) is 4.98 Å². The number of aldehydes is 1. The minimum absolute atomic E-state index is 0.0628. The number of rotatable bonds is 2. The number of aromatic nitrogens is 1. The van der Waals surface area contributed by atoms with Crippen molar-refractivity contribution >= 4 is 22.8 Å². The van der Waals surface area contributed by atoms with Crippen LogP contribution in [-0.2, 0) is 5.41 Å². The van der Waals surface area contributed by atoms with Gasteiger partial charge in [0.1, 0.15) is 0 Å². The summed E-state index contributed by atoms with van der Waals surface area (Å²) in [5.74, 6) is 0.842. The molecule has 0 aromatic carbocycles. The van der Waals surface area contributed by atoms with E-state index in [2.05, 4.69) is 25.7 Å². The van der Waals surface area contributed by atoms with Crippen LogP contribution in [-0.4, -0.2) is 23.9 Å². The molecule has 3 rings (SSSR count). The van der Waals surface area contributed by atoms with Crippen molar-refractivity contribution < 1.29 is 4.79 Å². The van der Waals surface area contributed by atoms with Gasteiger partial charge in [-0.15, -0.1) is 0 Å². The summed E-state index contributed by atoms with van der Waals surface area (Å²) in [6.07, 6.45) is 9.03. The van der Waals surface area contributed by atoms with E-state index in [0.717, 1.165) is 34.5 Å². The van der Waals surface area contributed by atoms with Gasteiger partial charge in [0.25, 0.3) is 0 Å². The lowest BCUT2D eigenvalue weighted by atomic mass is 9.78. The van der Waals surface area contributed by atoms with Crippen molar-refractivity contribution in [3.8, 4) is 0 Å². The molecule has 116 valence electrons. The molecule has 2 atom stereocenters. The van der Waals surface area contributed by atoms with Crippen LogP contribution in [0.25, 0.3) is 0 Å². The Bertz CT molecular complexity index is 515. The van der Waals surface area contributed by atoms with Crippen molar-refractivity contribution in [2.24, 2.45) is 5.92 Å². The maximum atomic E-state index is 11.4. The maximum Gasteiger partial charge on any atom is 0.186 e. The van der Waals surface area contributed by atoms with E-state index in [1.54, 1.807) is 11.3 Å². The Morgan fingerprint density at radius 1 is 1.19 bits per heavy atom. The van der Waals surface area contributed by atoms with E-state index in [9.17, 15) is 4.79 Å². The number of nitrogens with zero attached hydrogens (tertiary/aromatic N) is 2. The van der Waals surface area contributed by atoms with Gasteiger partial charge in [0.05, 0.1) is 10.6 Å². The largest absolute Gasteiger partial charge is 0.345 e. The van der Waals surface area contributed by atoms with Gasteiger partial charge < -0.3 is 4.90 Å². The Morgan fingerprint density at radius 3 is 2.57 bits per heavy atom. The SMILES string of the molecule is CC(C)(C)c1nc(N2CCC[C@H]3CCCC[C@H]32)sc1C=O. The third kappa shape index (κ3) is 2.87. The van der Waals surface area contributed by atoms with Crippen molar-refractivity contribution in [2.75, 3.05) is 11.4 Å². The minimum Gasteiger partial charge on any atom is -0.345 e. The zero-order valence-corrected chi connectivity index (χ0v) is 14.2. The molecule has 0 spiro atoms. The lowest BCUT2D eigenvalue weighted by molar-refractivity contribution is 0.112. The molecule has 4 heteroatoms. The standard InChI is InChI=1S/C17H26N2OS/c1-17(2,3)15-14(11-20)21-16(18-15)19-10-6-8-12-7-4-5-9-13(12)19/h11-13H,4-10H2,1-3H3/t12-,13-/m1/s1. The average Bonchev–Trinajstić information content (AvgIpc) is 2.91. The van der Waals surface area contributed by atoms with Crippen LogP contribution in [0.2, 0.25) is 0 Å². The molecule has 0 unspecified atom stereocenters. The third-order valence-electron chi connectivity index (χ3n) is 4.95. The number of carbonyl (C=O) groups excluding carboxylic acids is 1. The highest BCUT2D eigenvalue weighted by Crippen LogP contribution is 2.40. The summed E-state index contributed by atoms with van der Waals surface area (Å²) >= 11 is 1.60. The fraction of sp³-hybridized carbons (Fsp3) is 0.765. The van der Waals surface area contributed by atoms with Crippen molar-refractivity contribution in [2.45, 2.75) is 70.8 Å². The Balaban J connectivity index is 1.92. The second-order valence-corrected chi connectivity index (χ2v) is 8.53. The molecule has 1 saturated carbocycles. The molecule has 2 heterocycles. The second-order valence-electron chi connectivity index (χ2n) is 7.52. The summed E-state index contributed by atoms with van der Waals surface area (Å²) in [4.78, 5) is 19.6. The van der Waals surface area contributed by atoms with Crippen LogP contribution in [0.15, 0.2) is 0 Å². The smallest absolute Gasteiger partial charge is 0.186 e. The van der Waals surface area contributed by atoms with E-state index in [-0.39, 0.29) is 5.41 Å². The molecular weight excluding hydrogens is 280 g/mol. The molecule has 1 saturated heterocycles. The maximum absolute atomic E-state index is 11.4. The normalized spacial score (nSPS) is 26.5. The topological polar surface area (TPSA) is 33.2 Å². The second kappa shape index (κ2) is 5.71. The molecule has 2 fully saturated rings. The fourth-order valence-electron chi connectivity index (χ4n) is 3.92. The molecule has 0 amide bonds.